The molecule has 1 rings (SSSR count). The highest BCUT2D eigenvalue weighted by atomic mass is 35.5. The van der Waals surface area contributed by atoms with Gasteiger partial charge < -0.3 is 4.74 Å². The van der Waals surface area contributed by atoms with E-state index >= 15 is 0 Å². The summed E-state index contributed by atoms with van der Waals surface area (Å²) in [6.45, 7) is 6.04. The van der Waals surface area contributed by atoms with Crippen LogP contribution in [0.3, 0.4) is 0 Å². The molecule has 0 N–H and O–H groups in total. The molecule has 0 atom stereocenters. The number of nitrogens with zero attached hydrogens (tertiary/aromatic N) is 1. The van der Waals surface area contributed by atoms with Gasteiger partial charge in [0.25, 0.3) is 0 Å². The fraction of sp³-hybridized carbons (Fsp3) is 0.471. The zero-order valence-corrected chi connectivity index (χ0v) is 14.4. The third-order valence-electron chi connectivity index (χ3n) is 2.91. The summed E-state index contributed by atoms with van der Waals surface area (Å²) in [5.74, 6) is 2.08. The number of hydrogen-bond donors (Lipinski definition) is 0. The number of anilines is 1. The Morgan fingerprint density at radius 1 is 1.32 bits per heavy atom. The molecule has 1 aromatic carbocycles. The second-order valence-electron chi connectivity index (χ2n) is 4.29. The van der Waals surface area contributed by atoms with Crippen molar-refractivity contribution < 1.29 is 14.2 Å². The van der Waals surface area contributed by atoms with E-state index < -0.39 is 0 Å². The number of hydrogen-bond acceptors (Lipinski definition) is 2. The van der Waals surface area contributed by atoms with Crippen LogP contribution in [0.1, 0.15) is 31.9 Å². The number of terminal acetylenes is 1. The second-order valence-corrected chi connectivity index (χ2v) is 4.56. The Morgan fingerprint density at radius 2 is 1.77 bits per heavy atom. The van der Waals surface area contributed by atoms with Crippen molar-refractivity contribution in [2.24, 2.45) is 0 Å². The van der Waals surface area contributed by atoms with Crippen molar-refractivity contribution in [3.63, 3.8) is 0 Å². The van der Waals surface area contributed by atoms with Gasteiger partial charge in [0.2, 0.25) is 5.91 Å². The first-order valence-electron chi connectivity index (χ1n) is 6.94. The van der Waals surface area contributed by atoms with Gasteiger partial charge in [0.05, 0.1) is 5.69 Å². The van der Waals surface area contributed by atoms with Crippen molar-refractivity contribution in [3.8, 4) is 12.3 Å². The van der Waals surface area contributed by atoms with Gasteiger partial charge in [0, 0.05) is 7.11 Å². The van der Waals surface area contributed by atoms with Gasteiger partial charge in [-0.25, -0.2) is 0 Å². The minimum absolute atomic E-state index is 0. The lowest BCUT2D eigenvalue weighted by Gasteiger charge is -2.26. The Hall–Kier alpha value is -1.57. The second kappa shape index (κ2) is 13.1. The van der Waals surface area contributed by atoms with Crippen LogP contribution < -0.4 is 4.90 Å². The summed E-state index contributed by atoms with van der Waals surface area (Å²) in [6, 6.07) is 6.11. The number of alkyl halides is 1. The van der Waals surface area contributed by atoms with Gasteiger partial charge in [0.15, 0.2) is 0 Å². The summed E-state index contributed by atoms with van der Waals surface area (Å²) in [4.78, 5) is 13.6. The number of amides is 1. The standard InChI is InChI=1S/C14H20ClNO2.C3H4.FH/c1-4-11-7-6-8-12(5-2)14(11)16(10-18-3)13(17)9-15;1-3-2;/h6-8H,4-5,9-10H2,1-3H3;1H,2H3;1H. The van der Waals surface area contributed by atoms with E-state index in [1.54, 1.807) is 18.9 Å². The number of ether oxygens (including phenoxy) is 1. The molecular formula is C17H25ClFNO2. The lowest BCUT2D eigenvalue weighted by Crippen LogP contribution is -2.35. The van der Waals surface area contributed by atoms with Crippen molar-refractivity contribution in [2.75, 3.05) is 24.6 Å². The van der Waals surface area contributed by atoms with Gasteiger partial charge in [-0.1, -0.05) is 32.0 Å². The SMILES string of the molecule is C#CC.CCc1cccc(CC)c1N(COC)C(=O)CCl.F. The molecule has 0 saturated carbocycles. The number of carbonyl (C=O) groups excluding carboxylic acids is 1. The average Bonchev–Trinajstić information content (AvgIpc) is 2.51. The van der Waals surface area contributed by atoms with Crippen LogP contribution in [-0.4, -0.2) is 25.6 Å². The third-order valence-corrected chi connectivity index (χ3v) is 3.14. The molecule has 0 bridgehead atoms. The van der Waals surface area contributed by atoms with E-state index in [-0.39, 0.29) is 23.2 Å². The lowest BCUT2D eigenvalue weighted by molar-refractivity contribution is -0.117. The highest BCUT2D eigenvalue weighted by Crippen LogP contribution is 2.27. The maximum absolute atomic E-state index is 12.0. The van der Waals surface area contributed by atoms with Gasteiger partial charge in [-0.05, 0) is 30.9 Å². The monoisotopic (exact) mass is 329 g/mol. The van der Waals surface area contributed by atoms with Crippen molar-refractivity contribution >= 4 is 23.2 Å². The highest BCUT2D eigenvalue weighted by Gasteiger charge is 2.19. The molecule has 3 nitrogen and oxygen atoms in total. The fourth-order valence-electron chi connectivity index (χ4n) is 2.02. The van der Waals surface area contributed by atoms with Crippen LogP contribution in [0.2, 0.25) is 0 Å². The van der Waals surface area contributed by atoms with Gasteiger partial charge in [-0.15, -0.1) is 23.9 Å². The minimum atomic E-state index is -0.130. The molecule has 1 amide bonds. The Bertz CT molecular complexity index is 464. The van der Waals surface area contributed by atoms with E-state index in [1.165, 1.54) is 0 Å². The Kier molecular flexibility index (Phi) is 13.5. The number of methoxy groups -OCH3 is 1. The van der Waals surface area contributed by atoms with Crippen molar-refractivity contribution in [1.82, 2.24) is 0 Å². The molecule has 124 valence electrons. The molecule has 0 unspecified atom stereocenters. The molecule has 5 heteroatoms. The Labute approximate surface area is 138 Å². The minimum Gasteiger partial charge on any atom is -0.364 e. The lowest BCUT2D eigenvalue weighted by atomic mass is 10.0. The van der Waals surface area contributed by atoms with Crippen LogP contribution in [0.15, 0.2) is 18.2 Å². The first kappa shape index (κ1) is 22.7. The van der Waals surface area contributed by atoms with E-state index in [1.807, 2.05) is 18.2 Å². The van der Waals surface area contributed by atoms with Crippen LogP contribution in [0.4, 0.5) is 10.4 Å². The van der Waals surface area contributed by atoms with Crippen molar-refractivity contribution in [3.05, 3.63) is 29.3 Å². The van der Waals surface area contributed by atoms with Crippen LogP contribution in [-0.2, 0) is 22.4 Å². The van der Waals surface area contributed by atoms with Gasteiger partial charge in [-0.3, -0.25) is 14.4 Å². The maximum Gasteiger partial charge on any atom is 0.243 e. The van der Waals surface area contributed by atoms with E-state index in [4.69, 9.17) is 16.3 Å². The molecule has 0 aromatic heterocycles. The predicted molar refractivity (Wildman–Crippen MR) is 92.3 cm³/mol. The van der Waals surface area contributed by atoms with Gasteiger partial charge >= 0.3 is 0 Å². The summed E-state index contributed by atoms with van der Waals surface area (Å²) in [5, 5.41) is 0. The summed E-state index contributed by atoms with van der Waals surface area (Å²) < 4.78 is 5.13. The van der Waals surface area contributed by atoms with Crippen molar-refractivity contribution in [1.29, 1.82) is 0 Å². The number of aryl methyl sites for hydroxylation is 2. The quantitative estimate of drug-likeness (QED) is 0.451. The molecule has 1 aromatic rings. The molecule has 0 aliphatic rings. The largest absolute Gasteiger partial charge is 0.364 e. The maximum atomic E-state index is 12.0. The molecule has 0 saturated heterocycles. The predicted octanol–water partition coefficient (Wildman–Crippen LogP) is 3.78. The van der Waals surface area contributed by atoms with Crippen LogP contribution in [0, 0.1) is 12.3 Å². The number of benzene rings is 1. The zero-order chi connectivity index (χ0) is 16.3. The van der Waals surface area contributed by atoms with E-state index in [2.05, 4.69) is 26.2 Å². The van der Waals surface area contributed by atoms with Crippen LogP contribution >= 0.6 is 11.6 Å². The first-order chi connectivity index (χ1) is 10.1. The highest BCUT2D eigenvalue weighted by molar-refractivity contribution is 6.29. The first-order valence-corrected chi connectivity index (χ1v) is 7.47. The molecule has 0 aliphatic heterocycles. The van der Waals surface area contributed by atoms with Crippen LogP contribution in [0.25, 0.3) is 0 Å². The summed E-state index contributed by atoms with van der Waals surface area (Å²) in [7, 11) is 1.58. The smallest absolute Gasteiger partial charge is 0.243 e. The molecule has 0 fully saturated rings. The molecule has 0 spiro atoms. The molecule has 0 radical (unpaired) electrons. The molecular weight excluding hydrogens is 305 g/mol. The zero-order valence-electron chi connectivity index (χ0n) is 13.7. The van der Waals surface area contributed by atoms with Crippen molar-refractivity contribution in [2.45, 2.75) is 33.6 Å². The van der Waals surface area contributed by atoms with E-state index in [0.29, 0.717) is 0 Å². The number of rotatable bonds is 6. The molecule has 0 heterocycles. The average molecular weight is 330 g/mol. The number of para-hydroxylation sites is 1. The van der Waals surface area contributed by atoms with Gasteiger partial charge in [-0.2, -0.15) is 0 Å². The summed E-state index contributed by atoms with van der Waals surface area (Å²) in [6.07, 6.45) is 6.35. The fourth-order valence-corrected chi connectivity index (χ4v) is 2.17. The molecule has 0 aliphatic carbocycles. The van der Waals surface area contributed by atoms with E-state index in [9.17, 15) is 4.79 Å². The number of halogens is 2. The van der Waals surface area contributed by atoms with Crippen LogP contribution in [0.5, 0.6) is 0 Å². The third kappa shape index (κ3) is 6.46. The topological polar surface area (TPSA) is 29.5 Å². The normalized spacial score (nSPS) is 8.91. The Morgan fingerprint density at radius 3 is 2.09 bits per heavy atom. The Balaban J connectivity index is 0. The summed E-state index contributed by atoms with van der Waals surface area (Å²) >= 11 is 5.68. The number of carbonyl (C=O) groups is 1. The van der Waals surface area contributed by atoms with E-state index in [0.717, 1.165) is 29.7 Å². The van der Waals surface area contributed by atoms with Gasteiger partial charge in [0.1, 0.15) is 12.6 Å². The molecule has 22 heavy (non-hydrogen) atoms. The summed E-state index contributed by atoms with van der Waals surface area (Å²) in [5.41, 5.74) is 3.24.